The minimum atomic E-state index is 0. The lowest BCUT2D eigenvalue weighted by molar-refractivity contribution is 0.276. The molecule has 0 spiro atoms. The van der Waals surface area contributed by atoms with Crippen LogP contribution in [0.1, 0.15) is 11.1 Å². The van der Waals surface area contributed by atoms with Crippen LogP contribution in [0.25, 0.3) is 11.3 Å². The van der Waals surface area contributed by atoms with Gasteiger partial charge in [0.15, 0.2) is 0 Å². The number of aromatic nitrogens is 3. The first-order valence-corrected chi connectivity index (χ1v) is 8.65. The second kappa shape index (κ2) is 10.1. The maximum atomic E-state index is 5.84. The van der Waals surface area contributed by atoms with Crippen LogP contribution in [0.15, 0.2) is 61.1 Å². The smallest absolute Gasteiger partial charge is 0.0969 e. The summed E-state index contributed by atoms with van der Waals surface area (Å²) < 4.78 is 1.88. The fraction of sp³-hybridized carbons (Fsp3) is 0.300. The van der Waals surface area contributed by atoms with Crippen LogP contribution in [-0.4, -0.2) is 39.3 Å². The monoisotopic (exact) mass is 371 g/mol. The predicted octanol–water partition coefficient (Wildman–Crippen LogP) is 2.91. The van der Waals surface area contributed by atoms with Gasteiger partial charge in [-0.15, -0.1) is 12.4 Å². The van der Waals surface area contributed by atoms with Crippen LogP contribution in [0.4, 0.5) is 0 Å². The maximum absolute atomic E-state index is 5.84. The highest BCUT2D eigenvalue weighted by molar-refractivity contribution is 5.85. The molecule has 2 N–H and O–H groups in total. The van der Waals surface area contributed by atoms with Crippen LogP contribution in [0.3, 0.4) is 0 Å². The summed E-state index contributed by atoms with van der Waals surface area (Å²) in [6.45, 7) is 3.35. The Balaban J connectivity index is 0.00000243. The maximum Gasteiger partial charge on any atom is 0.0969 e. The zero-order valence-electron chi connectivity index (χ0n) is 15.1. The molecule has 0 unspecified atom stereocenters. The number of aryl methyl sites for hydroxylation is 1. The molecule has 0 bridgehead atoms. The second-order valence-electron chi connectivity index (χ2n) is 6.21. The minimum Gasteiger partial charge on any atom is -0.329 e. The van der Waals surface area contributed by atoms with E-state index < -0.39 is 0 Å². The largest absolute Gasteiger partial charge is 0.329 e. The average Bonchev–Trinajstić information content (AvgIpc) is 3.02. The Morgan fingerprint density at radius 1 is 1.04 bits per heavy atom. The van der Waals surface area contributed by atoms with E-state index in [2.05, 4.69) is 51.5 Å². The van der Waals surface area contributed by atoms with Gasteiger partial charge in [-0.1, -0.05) is 30.3 Å². The second-order valence-corrected chi connectivity index (χ2v) is 6.21. The van der Waals surface area contributed by atoms with Crippen LogP contribution < -0.4 is 5.73 Å². The molecule has 0 saturated carbocycles. The number of nitrogens with two attached hydrogens (primary N) is 1. The average molecular weight is 372 g/mol. The van der Waals surface area contributed by atoms with Gasteiger partial charge in [0, 0.05) is 62.9 Å². The zero-order valence-corrected chi connectivity index (χ0v) is 15.9. The van der Waals surface area contributed by atoms with Crippen molar-refractivity contribution in [1.29, 1.82) is 0 Å². The molecule has 138 valence electrons. The Bertz CT molecular complexity index is 773. The summed E-state index contributed by atoms with van der Waals surface area (Å²) in [6, 6.07) is 14.6. The van der Waals surface area contributed by atoms with E-state index in [0.29, 0.717) is 6.54 Å². The molecule has 3 rings (SSSR count). The molecule has 0 amide bonds. The number of hydrogen-bond donors (Lipinski definition) is 1. The van der Waals surface area contributed by atoms with Crippen molar-refractivity contribution in [1.82, 2.24) is 19.7 Å². The van der Waals surface area contributed by atoms with Crippen molar-refractivity contribution >= 4 is 12.4 Å². The fourth-order valence-electron chi connectivity index (χ4n) is 3.03. The highest BCUT2D eigenvalue weighted by Crippen LogP contribution is 2.22. The van der Waals surface area contributed by atoms with E-state index >= 15 is 0 Å². The van der Waals surface area contributed by atoms with E-state index in [-0.39, 0.29) is 12.4 Å². The minimum absolute atomic E-state index is 0. The number of pyridine rings is 1. The highest BCUT2D eigenvalue weighted by atomic mass is 35.5. The third-order valence-electron chi connectivity index (χ3n) is 4.26. The first kappa shape index (κ1) is 20.1. The zero-order chi connectivity index (χ0) is 17.5. The number of nitrogens with zero attached hydrogens (tertiary/aromatic N) is 4. The standard InChI is InChI=1S/C20H25N5.ClH/c1-24-15-19(20(23-24)18-7-11-22-12-8-18)16-25(14-10-21)13-9-17-5-3-2-4-6-17;/h2-8,11-12,15H,9-10,13-14,16,21H2,1H3;1H. The third-order valence-corrected chi connectivity index (χ3v) is 4.26. The topological polar surface area (TPSA) is 60.0 Å². The summed E-state index contributed by atoms with van der Waals surface area (Å²) in [7, 11) is 1.96. The molecule has 5 nitrogen and oxygen atoms in total. The lowest BCUT2D eigenvalue weighted by Gasteiger charge is -2.21. The van der Waals surface area contributed by atoms with E-state index in [4.69, 9.17) is 5.73 Å². The van der Waals surface area contributed by atoms with Crippen LogP contribution in [0, 0.1) is 0 Å². The van der Waals surface area contributed by atoms with E-state index in [0.717, 1.165) is 37.3 Å². The molecule has 0 atom stereocenters. The molecular formula is C20H26ClN5. The van der Waals surface area contributed by atoms with E-state index in [1.807, 2.05) is 23.9 Å². The third kappa shape index (κ3) is 5.39. The van der Waals surface area contributed by atoms with Gasteiger partial charge in [0.1, 0.15) is 0 Å². The van der Waals surface area contributed by atoms with Gasteiger partial charge >= 0.3 is 0 Å². The number of halogens is 1. The van der Waals surface area contributed by atoms with Gasteiger partial charge in [-0.3, -0.25) is 14.6 Å². The molecule has 2 heterocycles. The molecule has 0 aliphatic carbocycles. The molecule has 3 aromatic rings. The first-order valence-electron chi connectivity index (χ1n) is 8.65. The Morgan fingerprint density at radius 2 is 1.77 bits per heavy atom. The van der Waals surface area contributed by atoms with Crippen molar-refractivity contribution in [3.8, 4) is 11.3 Å². The van der Waals surface area contributed by atoms with Crippen LogP contribution in [0.2, 0.25) is 0 Å². The van der Waals surface area contributed by atoms with Gasteiger partial charge in [-0.2, -0.15) is 5.10 Å². The van der Waals surface area contributed by atoms with Gasteiger partial charge in [-0.05, 0) is 24.1 Å². The first-order chi connectivity index (χ1) is 12.3. The Hall–Kier alpha value is -2.21. The number of benzene rings is 1. The molecule has 0 aliphatic heterocycles. The Kier molecular flexibility index (Phi) is 7.78. The molecule has 0 aliphatic rings. The van der Waals surface area contributed by atoms with Gasteiger partial charge in [0.25, 0.3) is 0 Å². The SMILES string of the molecule is Cl.Cn1cc(CN(CCN)CCc2ccccc2)c(-c2ccncc2)n1. The van der Waals surface area contributed by atoms with Gasteiger partial charge < -0.3 is 5.73 Å². The summed E-state index contributed by atoms with van der Waals surface area (Å²) in [5.74, 6) is 0. The fourth-order valence-corrected chi connectivity index (χ4v) is 3.03. The van der Waals surface area contributed by atoms with Crippen molar-refractivity contribution in [3.05, 3.63) is 72.2 Å². The molecule has 0 fully saturated rings. The summed E-state index contributed by atoms with van der Waals surface area (Å²) in [4.78, 5) is 6.50. The van der Waals surface area contributed by atoms with E-state index in [1.165, 1.54) is 11.1 Å². The van der Waals surface area contributed by atoms with Crippen molar-refractivity contribution in [2.75, 3.05) is 19.6 Å². The molecule has 0 saturated heterocycles. The van der Waals surface area contributed by atoms with Gasteiger partial charge in [0.05, 0.1) is 5.69 Å². The van der Waals surface area contributed by atoms with Crippen molar-refractivity contribution in [2.24, 2.45) is 12.8 Å². The normalized spacial score (nSPS) is 10.7. The molecule has 26 heavy (non-hydrogen) atoms. The number of rotatable bonds is 8. The predicted molar refractivity (Wildman–Crippen MR) is 108 cm³/mol. The molecule has 0 radical (unpaired) electrons. The highest BCUT2D eigenvalue weighted by Gasteiger charge is 2.14. The van der Waals surface area contributed by atoms with E-state index in [1.54, 1.807) is 12.4 Å². The summed E-state index contributed by atoms with van der Waals surface area (Å²) >= 11 is 0. The summed E-state index contributed by atoms with van der Waals surface area (Å²) in [6.07, 6.45) is 6.73. The molecule has 6 heteroatoms. The van der Waals surface area contributed by atoms with Gasteiger partial charge in [0.2, 0.25) is 0 Å². The van der Waals surface area contributed by atoms with Crippen molar-refractivity contribution in [2.45, 2.75) is 13.0 Å². The van der Waals surface area contributed by atoms with Gasteiger partial charge in [-0.25, -0.2) is 0 Å². The molecule has 2 aromatic heterocycles. The summed E-state index contributed by atoms with van der Waals surface area (Å²) in [5.41, 5.74) is 10.5. The van der Waals surface area contributed by atoms with Crippen molar-refractivity contribution < 1.29 is 0 Å². The van der Waals surface area contributed by atoms with E-state index in [9.17, 15) is 0 Å². The van der Waals surface area contributed by atoms with Crippen molar-refractivity contribution in [3.63, 3.8) is 0 Å². The lowest BCUT2D eigenvalue weighted by Crippen LogP contribution is -2.31. The lowest BCUT2D eigenvalue weighted by atomic mass is 10.1. The van der Waals surface area contributed by atoms with Crippen LogP contribution >= 0.6 is 12.4 Å². The van der Waals surface area contributed by atoms with Crippen LogP contribution in [-0.2, 0) is 20.0 Å². The Labute approximate surface area is 161 Å². The quantitative estimate of drug-likeness (QED) is 0.661. The Morgan fingerprint density at radius 3 is 2.46 bits per heavy atom. The molecular weight excluding hydrogens is 346 g/mol. The summed E-state index contributed by atoms with van der Waals surface area (Å²) in [5, 5.41) is 4.64. The molecule has 1 aromatic carbocycles. The number of hydrogen-bond acceptors (Lipinski definition) is 4. The van der Waals surface area contributed by atoms with Crippen LogP contribution in [0.5, 0.6) is 0 Å².